The number of ether oxygens (including phenoxy) is 3. The van der Waals surface area contributed by atoms with E-state index < -0.39 is 64.0 Å². The summed E-state index contributed by atoms with van der Waals surface area (Å²) in [6, 6.07) is 10.4. The van der Waals surface area contributed by atoms with Crippen LogP contribution < -0.4 is 14.9 Å². The number of hydroxylamine groups is 1. The fourth-order valence-electron chi connectivity index (χ4n) is 4.10. The van der Waals surface area contributed by atoms with Crippen molar-refractivity contribution in [2.45, 2.75) is 54.0 Å². The van der Waals surface area contributed by atoms with Gasteiger partial charge in [0.15, 0.2) is 6.10 Å². The number of rotatable bonds is 9. The van der Waals surface area contributed by atoms with Crippen LogP contribution in [-0.4, -0.2) is 90.2 Å². The quantitative estimate of drug-likeness (QED) is 0.203. The second-order valence-electron chi connectivity index (χ2n) is 9.11. The number of benzene rings is 2. The van der Waals surface area contributed by atoms with Crippen molar-refractivity contribution in [2.24, 2.45) is 0 Å². The van der Waals surface area contributed by atoms with Crippen molar-refractivity contribution < 1.29 is 61.9 Å². The fourth-order valence-corrected chi connectivity index (χ4v) is 5.52. The lowest BCUT2D eigenvalue weighted by molar-refractivity contribution is -0.306. The van der Waals surface area contributed by atoms with E-state index >= 15 is 0 Å². The van der Waals surface area contributed by atoms with Crippen LogP contribution in [0.25, 0.3) is 0 Å². The summed E-state index contributed by atoms with van der Waals surface area (Å²) >= 11 is 0. The van der Waals surface area contributed by atoms with Gasteiger partial charge in [-0.2, -0.15) is 4.72 Å². The number of aliphatic hydroxyl groups is 3. The molecule has 2 aromatic carbocycles. The molecule has 6 N–H and O–H groups in total. The minimum atomic E-state index is -4.31. The molecular formula is C24H27FN2O12S. The van der Waals surface area contributed by atoms with Crippen LogP contribution in [0.5, 0.6) is 11.5 Å². The molecule has 0 spiro atoms. The van der Waals surface area contributed by atoms with Gasteiger partial charge in [0.25, 0.3) is 5.91 Å². The third-order valence-electron chi connectivity index (χ3n) is 6.37. The summed E-state index contributed by atoms with van der Waals surface area (Å²) < 4.78 is 57.7. The smallest absolute Gasteiger partial charge is 0.335 e. The standard InChI is InChI=1S/C24H27FN2O12S/c25-13-1-3-14(4-2-13)37-15-5-7-16(8-6-15)40(34,35)27-24(9-11-36-12-10-24)23(33)26-39-22-19(30)17(28)18(29)20(38-22)21(31)32/h1-8,17-20,22,27-30H,9-12H2,(H,26,33)(H,31,32)/t17-,18-,19+,20-,22-/m0/s1. The van der Waals surface area contributed by atoms with Crippen molar-refractivity contribution in [2.75, 3.05) is 13.2 Å². The highest BCUT2D eigenvalue weighted by atomic mass is 32.2. The Bertz CT molecular complexity index is 1300. The van der Waals surface area contributed by atoms with Crippen LogP contribution in [-0.2, 0) is 33.9 Å². The molecule has 0 bridgehead atoms. The Morgan fingerprint density at radius 3 is 2.08 bits per heavy atom. The molecule has 0 aromatic heterocycles. The first kappa shape index (κ1) is 29.8. The monoisotopic (exact) mass is 586 g/mol. The van der Waals surface area contributed by atoms with E-state index in [1.54, 1.807) is 0 Å². The van der Waals surface area contributed by atoms with Crippen molar-refractivity contribution in [3.63, 3.8) is 0 Å². The van der Waals surface area contributed by atoms with Crippen LogP contribution in [0.1, 0.15) is 12.8 Å². The highest BCUT2D eigenvalue weighted by Gasteiger charge is 2.49. The van der Waals surface area contributed by atoms with Crippen molar-refractivity contribution in [3.8, 4) is 11.5 Å². The van der Waals surface area contributed by atoms with Gasteiger partial charge in [-0.05, 0) is 61.4 Å². The summed E-state index contributed by atoms with van der Waals surface area (Å²) in [6.45, 7) is 0.0177. The SMILES string of the molecule is O=C(O)[C@H]1O[C@@H](ONC(=O)C2(NS(=O)(=O)c3ccc(Oc4ccc(F)cc4)cc3)CCOCC2)[C@H](O)[C@@H](O)[C@@H]1O. The molecule has 2 fully saturated rings. The summed E-state index contributed by atoms with van der Waals surface area (Å²) in [6.07, 6.45) is -9.97. The molecule has 2 heterocycles. The Kier molecular flexibility index (Phi) is 9.01. The first-order valence-corrected chi connectivity index (χ1v) is 13.4. The molecule has 5 atom stereocenters. The topological polar surface area (TPSA) is 210 Å². The van der Waals surface area contributed by atoms with Gasteiger partial charge in [-0.1, -0.05) is 0 Å². The Morgan fingerprint density at radius 2 is 1.50 bits per heavy atom. The maximum atomic E-state index is 13.2. The predicted molar refractivity (Wildman–Crippen MR) is 130 cm³/mol. The van der Waals surface area contributed by atoms with Gasteiger partial charge in [0, 0.05) is 13.2 Å². The molecule has 2 aliphatic heterocycles. The van der Waals surface area contributed by atoms with E-state index in [9.17, 15) is 37.7 Å². The van der Waals surface area contributed by atoms with Gasteiger partial charge in [-0.15, -0.1) is 0 Å². The number of hydrogen-bond acceptors (Lipinski definition) is 11. The van der Waals surface area contributed by atoms with E-state index in [4.69, 9.17) is 24.2 Å². The number of carbonyl (C=O) groups is 2. The summed E-state index contributed by atoms with van der Waals surface area (Å²) in [5, 5.41) is 39.0. The van der Waals surface area contributed by atoms with Crippen molar-refractivity contribution in [3.05, 3.63) is 54.3 Å². The number of carboxylic acids is 1. The van der Waals surface area contributed by atoms with Gasteiger partial charge >= 0.3 is 5.97 Å². The number of nitrogens with one attached hydrogen (secondary N) is 2. The van der Waals surface area contributed by atoms with E-state index in [-0.39, 0.29) is 36.7 Å². The molecule has 40 heavy (non-hydrogen) atoms. The van der Waals surface area contributed by atoms with Crippen LogP contribution >= 0.6 is 0 Å². The zero-order valence-corrected chi connectivity index (χ0v) is 21.5. The number of aliphatic carboxylic acids is 1. The predicted octanol–water partition coefficient (Wildman–Crippen LogP) is -0.614. The van der Waals surface area contributed by atoms with E-state index in [2.05, 4.69) is 4.72 Å². The van der Waals surface area contributed by atoms with Crippen LogP contribution in [0, 0.1) is 5.82 Å². The average molecular weight is 587 g/mol. The van der Waals surface area contributed by atoms with E-state index in [1.807, 2.05) is 5.48 Å². The van der Waals surface area contributed by atoms with Crippen molar-refractivity contribution in [1.82, 2.24) is 10.2 Å². The normalized spacial score (nSPS) is 26.6. The van der Waals surface area contributed by atoms with Crippen LogP contribution in [0.2, 0.25) is 0 Å². The number of aliphatic hydroxyl groups excluding tert-OH is 3. The number of sulfonamides is 1. The Morgan fingerprint density at radius 1 is 0.925 bits per heavy atom. The lowest BCUT2D eigenvalue weighted by atomic mass is 9.91. The molecule has 0 radical (unpaired) electrons. The van der Waals surface area contributed by atoms with Crippen LogP contribution in [0.15, 0.2) is 53.4 Å². The molecular weight excluding hydrogens is 559 g/mol. The minimum absolute atomic E-state index is 0.00887. The van der Waals surface area contributed by atoms with E-state index in [0.717, 1.165) is 0 Å². The summed E-state index contributed by atoms with van der Waals surface area (Å²) in [4.78, 5) is 29.3. The van der Waals surface area contributed by atoms with Gasteiger partial charge < -0.3 is 34.6 Å². The number of carbonyl (C=O) groups excluding carboxylic acids is 1. The first-order chi connectivity index (χ1) is 18.9. The molecule has 16 heteroatoms. The van der Waals surface area contributed by atoms with E-state index in [0.29, 0.717) is 5.75 Å². The highest BCUT2D eigenvalue weighted by Crippen LogP contribution is 2.28. The van der Waals surface area contributed by atoms with Gasteiger partial charge in [-0.25, -0.2) is 27.9 Å². The molecule has 1 amide bonds. The second-order valence-corrected chi connectivity index (χ2v) is 10.8. The summed E-state index contributed by atoms with van der Waals surface area (Å²) in [5.41, 5.74) is 0.190. The van der Waals surface area contributed by atoms with Crippen molar-refractivity contribution >= 4 is 21.9 Å². The van der Waals surface area contributed by atoms with Crippen molar-refractivity contribution in [1.29, 1.82) is 0 Å². The zero-order valence-electron chi connectivity index (χ0n) is 20.7. The molecule has 2 aromatic rings. The largest absolute Gasteiger partial charge is 0.479 e. The molecule has 2 aliphatic rings. The molecule has 0 unspecified atom stereocenters. The average Bonchev–Trinajstić information content (AvgIpc) is 2.93. The number of hydrogen-bond donors (Lipinski definition) is 6. The molecule has 14 nitrogen and oxygen atoms in total. The van der Waals surface area contributed by atoms with Gasteiger partial charge in [0.1, 0.15) is 41.2 Å². The number of amides is 1. The number of halogens is 1. The summed E-state index contributed by atoms with van der Waals surface area (Å²) in [7, 11) is -4.31. The summed E-state index contributed by atoms with van der Waals surface area (Å²) in [5.74, 6) is -2.49. The third kappa shape index (κ3) is 6.56. The Labute approximate surface area is 227 Å². The van der Waals surface area contributed by atoms with E-state index in [1.165, 1.54) is 48.5 Å². The molecule has 0 aliphatic carbocycles. The first-order valence-electron chi connectivity index (χ1n) is 12.0. The molecule has 0 saturated carbocycles. The molecule has 2 saturated heterocycles. The maximum Gasteiger partial charge on any atom is 0.335 e. The van der Waals surface area contributed by atoms with Crippen LogP contribution in [0.3, 0.4) is 0 Å². The third-order valence-corrected chi connectivity index (χ3v) is 7.93. The maximum absolute atomic E-state index is 13.2. The lowest BCUT2D eigenvalue weighted by Gasteiger charge is -2.39. The van der Waals surface area contributed by atoms with Gasteiger partial charge in [0.05, 0.1) is 4.90 Å². The van der Waals surface area contributed by atoms with Gasteiger partial charge in [0.2, 0.25) is 16.3 Å². The Balaban J connectivity index is 1.46. The molecule has 4 rings (SSSR count). The molecule has 218 valence electrons. The van der Waals surface area contributed by atoms with Crippen LogP contribution in [0.4, 0.5) is 4.39 Å². The lowest BCUT2D eigenvalue weighted by Crippen LogP contribution is -2.64. The fraction of sp³-hybridized carbons (Fsp3) is 0.417. The minimum Gasteiger partial charge on any atom is -0.479 e. The zero-order chi connectivity index (χ0) is 29.1. The highest BCUT2D eigenvalue weighted by molar-refractivity contribution is 7.89. The second kappa shape index (κ2) is 12.1. The Hall–Kier alpha value is -3.22. The van der Waals surface area contributed by atoms with Gasteiger partial charge in [-0.3, -0.25) is 4.79 Å². The number of carboxylic acid groups (broad SMARTS) is 1.